The van der Waals surface area contributed by atoms with E-state index in [0.717, 1.165) is 26.1 Å². The summed E-state index contributed by atoms with van der Waals surface area (Å²) in [7, 11) is 0. The number of oxazole rings is 1. The van der Waals surface area contributed by atoms with Gasteiger partial charge in [0.2, 0.25) is 5.76 Å². The van der Waals surface area contributed by atoms with E-state index in [9.17, 15) is 4.79 Å². The van der Waals surface area contributed by atoms with Crippen LogP contribution in [0, 0.1) is 12.3 Å². The van der Waals surface area contributed by atoms with Gasteiger partial charge in [0.25, 0.3) is 5.91 Å². The predicted octanol–water partition coefficient (Wildman–Crippen LogP) is 2.48. The first-order chi connectivity index (χ1) is 9.60. The molecule has 2 rings (SSSR count). The molecule has 20 heavy (non-hydrogen) atoms. The van der Waals surface area contributed by atoms with E-state index < -0.39 is 0 Å². The lowest BCUT2D eigenvalue weighted by atomic mass is 9.69. The van der Waals surface area contributed by atoms with Gasteiger partial charge in [-0.05, 0) is 26.7 Å². The average molecular weight is 280 g/mol. The summed E-state index contributed by atoms with van der Waals surface area (Å²) >= 11 is 0. The maximum absolute atomic E-state index is 12.2. The van der Waals surface area contributed by atoms with Gasteiger partial charge in [0, 0.05) is 25.0 Å². The van der Waals surface area contributed by atoms with Gasteiger partial charge < -0.3 is 14.5 Å². The van der Waals surface area contributed by atoms with Crippen LogP contribution in [0.3, 0.4) is 0 Å². The highest BCUT2D eigenvalue weighted by atomic mass is 16.5. The van der Waals surface area contributed by atoms with Gasteiger partial charge in [-0.2, -0.15) is 0 Å². The highest BCUT2D eigenvalue weighted by molar-refractivity contribution is 5.92. The summed E-state index contributed by atoms with van der Waals surface area (Å²) < 4.78 is 11.0. The molecule has 0 radical (unpaired) electrons. The van der Waals surface area contributed by atoms with Gasteiger partial charge in [-0.25, -0.2) is 4.98 Å². The van der Waals surface area contributed by atoms with Gasteiger partial charge in [0.05, 0.1) is 12.3 Å². The molecule has 1 fully saturated rings. The van der Waals surface area contributed by atoms with Crippen LogP contribution in [0.15, 0.2) is 4.42 Å². The molecule has 0 aromatic carbocycles. The zero-order chi connectivity index (χ0) is 14.6. The molecule has 1 aliphatic carbocycles. The third-order valence-corrected chi connectivity index (χ3v) is 4.00. The molecule has 112 valence electrons. The highest BCUT2D eigenvalue weighted by Gasteiger charge is 2.37. The number of hydrogen-bond acceptors (Lipinski definition) is 4. The molecule has 1 aliphatic rings. The first-order valence-electron chi connectivity index (χ1n) is 7.42. The lowest BCUT2D eigenvalue weighted by Gasteiger charge is -2.41. The Kier molecular flexibility index (Phi) is 4.81. The Labute approximate surface area is 120 Å². The van der Waals surface area contributed by atoms with Crippen molar-refractivity contribution in [1.29, 1.82) is 0 Å². The minimum absolute atomic E-state index is 0.118. The smallest absolute Gasteiger partial charge is 0.289 e. The van der Waals surface area contributed by atoms with Crippen LogP contribution in [-0.4, -0.2) is 30.6 Å². The van der Waals surface area contributed by atoms with E-state index in [4.69, 9.17) is 9.15 Å². The Morgan fingerprint density at radius 1 is 1.45 bits per heavy atom. The molecule has 0 unspecified atom stereocenters. The second-order valence-electron chi connectivity index (χ2n) is 5.55. The molecular formula is C15H24N2O3. The zero-order valence-electron chi connectivity index (χ0n) is 12.6. The fraction of sp³-hybridized carbons (Fsp3) is 0.733. The highest BCUT2D eigenvalue weighted by Crippen LogP contribution is 2.40. The van der Waals surface area contributed by atoms with Gasteiger partial charge >= 0.3 is 0 Å². The standard InChI is InChI=1S/C15H24N2O3/c1-4-12-17-11(3)13(20-12)14(18)16-9-15(7-6-8-15)10-19-5-2/h4-10H2,1-3H3,(H,16,18). The third kappa shape index (κ3) is 3.20. The van der Waals surface area contributed by atoms with Gasteiger partial charge in [-0.1, -0.05) is 13.3 Å². The summed E-state index contributed by atoms with van der Waals surface area (Å²) in [5.41, 5.74) is 0.777. The van der Waals surface area contributed by atoms with Crippen LogP contribution < -0.4 is 5.32 Å². The summed E-state index contributed by atoms with van der Waals surface area (Å²) in [5.74, 6) is 0.783. The Balaban J connectivity index is 1.92. The molecule has 0 aliphatic heterocycles. The molecule has 1 N–H and O–H groups in total. The van der Waals surface area contributed by atoms with Gasteiger partial charge in [0.1, 0.15) is 0 Å². The number of hydrogen-bond donors (Lipinski definition) is 1. The molecule has 1 aromatic heterocycles. The van der Waals surface area contributed by atoms with Crippen LogP contribution in [0.2, 0.25) is 0 Å². The normalized spacial score (nSPS) is 16.8. The van der Waals surface area contributed by atoms with Crippen molar-refractivity contribution >= 4 is 5.91 Å². The zero-order valence-corrected chi connectivity index (χ0v) is 12.6. The fourth-order valence-corrected chi connectivity index (χ4v) is 2.53. The maximum atomic E-state index is 12.2. The molecular weight excluding hydrogens is 256 g/mol. The summed E-state index contributed by atoms with van der Waals surface area (Å²) in [4.78, 5) is 16.4. The summed E-state index contributed by atoms with van der Waals surface area (Å²) in [6, 6.07) is 0. The molecule has 1 amide bonds. The van der Waals surface area contributed by atoms with Crippen molar-refractivity contribution in [2.45, 2.75) is 46.5 Å². The maximum Gasteiger partial charge on any atom is 0.289 e. The number of aryl methyl sites for hydroxylation is 2. The number of nitrogens with one attached hydrogen (secondary N) is 1. The number of amides is 1. The van der Waals surface area contributed by atoms with Gasteiger partial charge in [0.15, 0.2) is 5.89 Å². The molecule has 0 bridgehead atoms. The lowest BCUT2D eigenvalue weighted by Crippen LogP contribution is -2.45. The van der Waals surface area contributed by atoms with E-state index >= 15 is 0 Å². The van der Waals surface area contributed by atoms with Crippen LogP contribution in [0.25, 0.3) is 0 Å². The van der Waals surface area contributed by atoms with Crippen molar-refractivity contribution in [3.8, 4) is 0 Å². The predicted molar refractivity (Wildman–Crippen MR) is 75.7 cm³/mol. The number of ether oxygens (including phenoxy) is 1. The largest absolute Gasteiger partial charge is 0.435 e. The number of aromatic nitrogens is 1. The second-order valence-corrected chi connectivity index (χ2v) is 5.55. The topological polar surface area (TPSA) is 64.4 Å². The lowest BCUT2D eigenvalue weighted by molar-refractivity contribution is -0.000363. The van der Waals surface area contributed by atoms with Crippen LogP contribution in [-0.2, 0) is 11.2 Å². The molecule has 1 saturated carbocycles. The van der Waals surface area contributed by atoms with E-state index in [-0.39, 0.29) is 11.3 Å². The molecule has 0 spiro atoms. The van der Waals surface area contributed by atoms with E-state index in [1.54, 1.807) is 6.92 Å². The molecule has 0 saturated heterocycles. The van der Waals surface area contributed by atoms with E-state index in [1.165, 1.54) is 6.42 Å². The van der Waals surface area contributed by atoms with E-state index in [0.29, 0.717) is 30.3 Å². The van der Waals surface area contributed by atoms with Crippen LogP contribution in [0.5, 0.6) is 0 Å². The van der Waals surface area contributed by atoms with Crippen LogP contribution in [0.4, 0.5) is 0 Å². The Hall–Kier alpha value is -1.36. The van der Waals surface area contributed by atoms with Crippen molar-refractivity contribution in [2.24, 2.45) is 5.41 Å². The van der Waals surface area contributed by atoms with E-state index in [1.807, 2.05) is 13.8 Å². The minimum atomic E-state index is -0.169. The molecule has 1 aromatic rings. The van der Waals surface area contributed by atoms with Crippen molar-refractivity contribution in [1.82, 2.24) is 10.3 Å². The average Bonchev–Trinajstić information content (AvgIpc) is 2.78. The van der Waals surface area contributed by atoms with Crippen molar-refractivity contribution < 1.29 is 13.9 Å². The number of carbonyl (C=O) groups is 1. The Bertz CT molecular complexity index is 464. The third-order valence-electron chi connectivity index (χ3n) is 4.00. The van der Waals surface area contributed by atoms with E-state index in [2.05, 4.69) is 10.3 Å². The van der Waals surface area contributed by atoms with Crippen LogP contribution >= 0.6 is 0 Å². The first-order valence-corrected chi connectivity index (χ1v) is 7.42. The molecule has 5 nitrogen and oxygen atoms in total. The Morgan fingerprint density at radius 2 is 2.20 bits per heavy atom. The van der Waals surface area contributed by atoms with Crippen molar-refractivity contribution in [3.05, 3.63) is 17.3 Å². The quantitative estimate of drug-likeness (QED) is 0.833. The summed E-state index contributed by atoms with van der Waals surface area (Å²) in [5, 5.41) is 2.98. The van der Waals surface area contributed by atoms with Gasteiger partial charge in [-0.3, -0.25) is 4.79 Å². The number of carbonyl (C=O) groups excluding carboxylic acids is 1. The minimum Gasteiger partial charge on any atom is -0.435 e. The van der Waals surface area contributed by atoms with Crippen molar-refractivity contribution in [2.75, 3.05) is 19.8 Å². The number of rotatable bonds is 7. The van der Waals surface area contributed by atoms with Gasteiger partial charge in [-0.15, -0.1) is 0 Å². The number of nitrogens with zero attached hydrogens (tertiary/aromatic N) is 1. The van der Waals surface area contributed by atoms with Crippen molar-refractivity contribution in [3.63, 3.8) is 0 Å². The fourth-order valence-electron chi connectivity index (χ4n) is 2.53. The Morgan fingerprint density at radius 3 is 2.70 bits per heavy atom. The first kappa shape index (κ1) is 15.0. The SMILES string of the molecule is CCOCC1(CNC(=O)c2oc(CC)nc2C)CCC1. The molecule has 1 heterocycles. The molecule has 5 heteroatoms. The molecule has 0 atom stereocenters. The summed E-state index contributed by atoms with van der Waals surface area (Å²) in [6.07, 6.45) is 4.14. The summed E-state index contributed by atoms with van der Waals surface area (Å²) in [6.45, 7) is 7.84. The van der Waals surface area contributed by atoms with Crippen LogP contribution in [0.1, 0.15) is 55.2 Å². The monoisotopic (exact) mass is 280 g/mol. The second kappa shape index (κ2) is 6.39.